The highest BCUT2D eigenvalue weighted by atomic mass is 79.9. The number of alkyl halides is 1. The number of aryl methyl sites for hydroxylation is 2. The Kier molecular flexibility index (Phi) is 4.53. The van der Waals surface area contributed by atoms with Crippen LogP contribution < -0.4 is 10.3 Å². The van der Waals surface area contributed by atoms with Gasteiger partial charge in [0.25, 0.3) is 5.56 Å². The summed E-state index contributed by atoms with van der Waals surface area (Å²) in [4.78, 5) is 19.8. The number of hydrogen-bond acceptors (Lipinski definition) is 4. The molecule has 0 aliphatic carbocycles. The molecule has 2 aliphatic heterocycles. The van der Waals surface area contributed by atoms with E-state index < -0.39 is 4.32 Å². The van der Waals surface area contributed by atoms with Gasteiger partial charge in [-0.1, -0.05) is 51.8 Å². The van der Waals surface area contributed by atoms with Crippen LogP contribution in [0.2, 0.25) is 0 Å². The molecule has 0 unspecified atom stereocenters. The summed E-state index contributed by atoms with van der Waals surface area (Å²) in [7, 11) is 0. The number of benzene rings is 2. The van der Waals surface area contributed by atoms with Gasteiger partial charge in [0.1, 0.15) is 18.0 Å². The smallest absolute Gasteiger partial charge is 0.262 e. The van der Waals surface area contributed by atoms with Gasteiger partial charge < -0.3 is 4.74 Å². The van der Waals surface area contributed by atoms with Gasteiger partial charge in [-0.15, -0.1) is 11.8 Å². The maximum atomic E-state index is 14.2. The van der Waals surface area contributed by atoms with Crippen LogP contribution in [0.4, 0.5) is 0 Å². The molecule has 0 spiro atoms. The van der Waals surface area contributed by atoms with Crippen molar-refractivity contribution < 1.29 is 4.74 Å². The highest BCUT2D eigenvalue weighted by Gasteiger charge is 2.51. The van der Waals surface area contributed by atoms with Gasteiger partial charge in [-0.2, -0.15) is 0 Å². The fourth-order valence-electron chi connectivity index (χ4n) is 5.13. The van der Waals surface area contributed by atoms with Crippen molar-refractivity contribution in [2.75, 3.05) is 12.4 Å². The zero-order valence-electron chi connectivity index (χ0n) is 17.8. The minimum atomic E-state index is -0.599. The van der Waals surface area contributed by atoms with Crippen LogP contribution in [0, 0.1) is 13.8 Å². The van der Waals surface area contributed by atoms with E-state index in [-0.39, 0.29) is 11.5 Å². The molecule has 0 saturated heterocycles. The molecule has 0 bridgehead atoms. The quantitative estimate of drug-likeness (QED) is 0.304. The second kappa shape index (κ2) is 7.22. The van der Waals surface area contributed by atoms with Crippen molar-refractivity contribution in [2.24, 2.45) is 0 Å². The average Bonchev–Trinajstić information content (AvgIpc) is 2.79. The molecule has 2 aromatic heterocycles. The lowest BCUT2D eigenvalue weighted by Crippen LogP contribution is -2.46. The van der Waals surface area contributed by atoms with Crippen LogP contribution >= 0.6 is 27.7 Å². The minimum Gasteiger partial charge on any atom is -0.491 e. The Morgan fingerprint density at radius 2 is 1.97 bits per heavy atom. The zero-order valence-corrected chi connectivity index (χ0v) is 20.2. The van der Waals surface area contributed by atoms with Crippen molar-refractivity contribution in [1.29, 1.82) is 0 Å². The monoisotopic (exact) mass is 504 g/mol. The molecular formula is C26H21BrN2O2S. The first-order valence-corrected chi connectivity index (χ1v) is 12.4. The van der Waals surface area contributed by atoms with E-state index in [0.29, 0.717) is 12.3 Å². The zero-order chi connectivity index (χ0) is 22.0. The first-order valence-electron chi connectivity index (χ1n) is 10.6. The van der Waals surface area contributed by atoms with Crippen molar-refractivity contribution in [3.8, 4) is 11.4 Å². The summed E-state index contributed by atoms with van der Waals surface area (Å²) in [5.74, 6) is 1.97. The molecule has 0 radical (unpaired) electrons. The highest BCUT2D eigenvalue weighted by Crippen LogP contribution is 2.58. The van der Waals surface area contributed by atoms with E-state index in [2.05, 4.69) is 53.0 Å². The Morgan fingerprint density at radius 3 is 2.78 bits per heavy atom. The SMILES string of the molecule is Cc1cc(C)c2c(c1)[C@H]1CSc3c(c(=O)n(-c4ccccc4)c4ncccc34)[C@@]1(Br)CO2. The highest BCUT2D eigenvalue weighted by molar-refractivity contribution is 9.09. The van der Waals surface area contributed by atoms with E-state index in [0.717, 1.165) is 38.6 Å². The van der Waals surface area contributed by atoms with Crippen LogP contribution in [0.3, 0.4) is 0 Å². The van der Waals surface area contributed by atoms with Gasteiger partial charge in [0, 0.05) is 33.7 Å². The van der Waals surface area contributed by atoms with Gasteiger partial charge in [-0.25, -0.2) is 4.98 Å². The molecule has 4 heterocycles. The van der Waals surface area contributed by atoms with Crippen molar-refractivity contribution in [3.63, 3.8) is 0 Å². The van der Waals surface area contributed by atoms with Crippen molar-refractivity contribution >= 4 is 38.7 Å². The average molecular weight is 505 g/mol. The molecule has 6 rings (SSSR count). The van der Waals surface area contributed by atoms with E-state index in [1.165, 1.54) is 11.1 Å². The number of rotatable bonds is 1. The molecule has 0 saturated carbocycles. The minimum absolute atomic E-state index is 0.0390. The van der Waals surface area contributed by atoms with Gasteiger partial charge in [0.05, 0.1) is 15.6 Å². The van der Waals surface area contributed by atoms with E-state index >= 15 is 0 Å². The lowest BCUT2D eigenvalue weighted by atomic mass is 9.79. The molecule has 0 N–H and O–H groups in total. The second-order valence-corrected chi connectivity index (χ2v) is 11.0. The molecule has 4 aromatic rings. The van der Waals surface area contributed by atoms with Gasteiger partial charge in [-0.05, 0) is 43.7 Å². The molecule has 32 heavy (non-hydrogen) atoms. The molecule has 2 atom stereocenters. The third kappa shape index (κ3) is 2.75. The molecule has 6 heteroatoms. The first-order chi connectivity index (χ1) is 15.5. The Labute approximate surface area is 198 Å². The molecule has 2 aliphatic rings. The summed E-state index contributed by atoms with van der Waals surface area (Å²) in [5, 5.41) is 0.999. The topological polar surface area (TPSA) is 44.1 Å². The summed E-state index contributed by atoms with van der Waals surface area (Å²) >= 11 is 5.82. The van der Waals surface area contributed by atoms with Crippen LogP contribution in [0.25, 0.3) is 16.7 Å². The summed E-state index contributed by atoms with van der Waals surface area (Å²) in [5.41, 5.74) is 5.78. The van der Waals surface area contributed by atoms with Crippen LogP contribution in [0.15, 0.2) is 70.5 Å². The molecule has 2 aromatic carbocycles. The lowest BCUT2D eigenvalue weighted by Gasteiger charge is -2.45. The van der Waals surface area contributed by atoms with E-state index in [9.17, 15) is 4.79 Å². The number of thioether (sulfide) groups is 1. The van der Waals surface area contributed by atoms with E-state index in [4.69, 9.17) is 4.74 Å². The Bertz CT molecular complexity index is 1450. The maximum Gasteiger partial charge on any atom is 0.262 e. The van der Waals surface area contributed by atoms with Crippen LogP contribution in [-0.4, -0.2) is 21.9 Å². The third-order valence-electron chi connectivity index (χ3n) is 6.51. The van der Waals surface area contributed by atoms with E-state index in [1.807, 2.05) is 36.4 Å². The number of halogens is 1. The predicted octanol–water partition coefficient (Wildman–Crippen LogP) is 5.87. The van der Waals surface area contributed by atoms with Gasteiger partial charge >= 0.3 is 0 Å². The normalized spacial score (nSPS) is 21.4. The number of hydrogen-bond donors (Lipinski definition) is 0. The van der Waals surface area contributed by atoms with Gasteiger partial charge in [0.15, 0.2) is 0 Å². The molecule has 0 amide bonds. The molecule has 160 valence electrons. The Balaban J connectivity index is 1.68. The number of para-hydroxylation sites is 1. The van der Waals surface area contributed by atoms with Gasteiger partial charge in [0.2, 0.25) is 0 Å². The standard InChI is InChI=1S/C26H21BrN2O2S/c1-15-11-16(2)22-19(12-15)20-13-32-23-18-9-6-10-28-24(18)29(17-7-4-3-5-8-17)25(30)21(23)26(20,27)14-31-22/h3-12,20H,13-14H2,1-2H3/t20-,26-/m1/s1. The summed E-state index contributed by atoms with van der Waals surface area (Å²) in [6, 6.07) is 18.1. The fraction of sp³-hybridized carbons (Fsp3) is 0.231. The first kappa shape index (κ1) is 20.1. The van der Waals surface area contributed by atoms with Gasteiger partial charge in [-0.3, -0.25) is 9.36 Å². The Hall–Kier alpha value is -2.57. The number of ether oxygens (including phenoxy) is 1. The summed E-state index contributed by atoms with van der Waals surface area (Å²) in [6.45, 7) is 4.62. The number of aromatic nitrogens is 2. The van der Waals surface area contributed by atoms with Crippen molar-refractivity contribution in [3.05, 3.63) is 93.4 Å². The van der Waals surface area contributed by atoms with Crippen LogP contribution in [0.5, 0.6) is 5.75 Å². The molecule has 0 fully saturated rings. The van der Waals surface area contributed by atoms with Crippen molar-refractivity contribution in [2.45, 2.75) is 29.0 Å². The van der Waals surface area contributed by atoms with Crippen LogP contribution in [-0.2, 0) is 4.32 Å². The summed E-state index contributed by atoms with van der Waals surface area (Å²) in [6.07, 6.45) is 1.75. The van der Waals surface area contributed by atoms with E-state index in [1.54, 1.807) is 22.5 Å². The lowest BCUT2D eigenvalue weighted by molar-refractivity contribution is 0.223. The third-order valence-corrected chi connectivity index (χ3v) is 8.90. The maximum absolute atomic E-state index is 14.2. The Morgan fingerprint density at radius 1 is 1.16 bits per heavy atom. The van der Waals surface area contributed by atoms with Crippen LogP contribution in [0.1, 0.15) is 28.2 Å². The predicted molar refractivity (Wildman–Crippen MR) is 133 cm³/mol. The second-order valence-electron chi connectivity index (χ2n) is 8.57. The summed E-state index contributed by atoms with van der Waals surface area (Å²) < 4.78 is 7.48. The fourth-order valence-corrected chi connectivity index (χ4v) is 7.89. The van der Waals surface area contributed by atoms with Crippen molar-refractivity contribution in [1.82, 2.24) is 9.55 Å². The molecular weight excluding hydrogens is 484 g/mol. The molecule has 4 nitrogen and oxygen atoms in total. The number of fused-ring (bicyclic) bond motifs is 7. The number of pyridine rings is 2. The largest absolute Gasteiger partial charge is 0.491 e. The number of nitrogens with zero attached hydrogens (tertiary/aromatic N) is 2.